The van der Waals surface area contributed by atoms with E-state index in [0.717, 1.165) is 10.6 Å². The van der Waals surface area contributed by atoms with Crippen molar-refractivity contribution in [2.75, 3.05) is 12.8 Å². The molecule has 0 saturated carbocycles. The maximum absolute atomic E-state index is 12.3. The summed E-state index contributed by atoms with van der Waals surface area (Å²) in [6.07, 6.45) is 1.72. The van der Waals surface area contributed by atoms with E-state index in [4.69, 9.17) is 9.57 Å². The van der Waals surface area contributed by atoms with Crippen LogP contribution < -0.4 is 0 Å². The predicted molar refractivity (Wildman–Crippen MR) is 85.4 cm³/mol. The van der Waals surface area contributed by atoms with Gasteiger partial charge >= 0.3 is 12.1 Å². The van der Waals surface area contributed by atoms with Crippen LogP contribution >= 0.6 is 11.8 Å². The van der Waals surface area contributed by atoms with Gasteiger partial charge in [-0.2, -0.15) is 0 Å². The van der Waals surface area contributed by atoms with E-state index in [1.54, 1.807) is 20.8 Å². The normalized spacial score (nSPS) is 21.6. The van der Waals surface area contributed by atoms with E-state index in [1.165, 1.54) is 11.8 Å². The van der Waals surface area contributed by atoms with Crippen molar-refractivity contribution in [2.45, 2.75) is 37.5 Å². The summed E-state index contributed by atoms with van der Waals surface area (Å²) in [6, 6.07) is 9.70. The number of amides is 1. The quantitative estimate of drug-likeness (QED) is 0.856. The number of carbonyl (C=O) groups excluding carboxylic acids is 2. The van der Waals surface area contributed by atoms with Crippen LogP contribution in [0.25, 0.3) is 0 Å². The lowest BCUT2D eigenvalue weighted by molar-refractivity contribution is -0.166. The third-order valence-corrected chi connectivity index (χ3v) is 4.51. The fourth-order valence-electron chi connectivity index (χ4n) is 2.20. The van der Waals surface area contributed by atoms with Crippen LogP contribution in [0.1, 0.15) is 26.3 Å². The lowest BCUT2D eigenvalue weighted by atomic mass is 9.99. The van der Waals surface area contributed by atoms with E-state index in [9.17, 15) is 9.59 Å². The summed E-state index contributed by atoms with van der Waals surface area (Å²) >= 11 is 1.40. The molecule has 0 spiro atoms. The van der Waals surface area contributed by atoms with Crippen LogP contribution in [0.3, 0.4) is 0 Å². The Kier molecular flexibility index (Phi) is 4.70. The Morgan fingerprint density at radius 2 is 2.00 bits per heavy atom. The van der Waals surface area contributed by atoms with Crippen LogP contribution in [-0.4, -0.2) is 40.3 Å². The van der Waals surface area contributed by atoms with Gasteiger partial charge in [-0.1, -0.05) is 30.3 Å². The molecule has 1 fully saturated rings. The second-order valence-corrected chi connectivity index (χ2v) is 7.45. The molecule has 120 valence electrons. The fourth-order valence-corrected chi connectivity index (χ4v) is 2.96. The molecule has 1 heterocycles. The lowest BCUT2D eigenvalue weighted by Gasteiger charge is -2.24. The standard InChI is InChI=1S/C16H21NO4S/c1-15(2,3)20-14(19)17-11-16(22-4,13(18)21-17)10-12-8-6-5-7-9-12/h5-9H,10-11H2,1-4H3/t16-/m0/s1. The second kappa shape index (κ2) is 6.20. The van der Waals surface area contributed by atoms with Crippen molar-refractivity contribution in [1.82, 2.24) is 5.06 Å². The summed E-state index contributed by atoms with van der Waals surface area (Å²) in [5.74, 6) is -0.408. The summed E-state index contributed by atoms with van der Waals surface area (Å²) in [6.45, 7) is 5.49. The Balaban J connectivity index is 2.13. The molecular weight excluding hydrogens is 302 g/mol. The van der Waals surface area contributed by atoms with E-state index >= 15 is 0 Å². The molecule has 0 aromatic heterocycles. The highest BCUT2D eigenvalue weighted by molar-refractivity contribution is 8.00. The number of thioether (sulfide) groups is 1. The van der Waals surface area contributed by atoms with E-state index in [0.29, 0.717) is 6.42 Å². The van der Waals surface area contributed by atoms with Crippen molar-refractivity contribution in [2.24, 2.45) is 0 Å². The Bertz CT molecular complexity index is 555. The first-order chi connectivity index (χ1) is 10.3. The minimum absolute atomic E-state index is 0.177. The van der Waals surface area contributed by atoms with Crippen LogP contribution in [0.5, 0.6) is 0 Å². The van der Waals surface area contributed by atoms with Crippen molar-refractivity contribution >= 4 is 23.8 Å². The Morgan fingerprint density at radius 3 is 2.55 bits per heavy atom. The summed E-state index contributed by atoms with van der Waals surface area (Å²) in [7, 11) is 0. The second-order valence-electron chi connectivity index (χ2n) is 6.26. The predicted octanol–water partition coefficient (Wildman–Crippen LogP) is 3.04. The van der Waals surface area contributed by atoms with Crippen molar-refractivity contribution in [1.29, 1.82) is 0 Å². The zero-order chi connectivity index (χ0) is 16.4. The maximum Gasteiger partial charge on any atom is 0.443 e. The number of hydrogen-bond acceptors (Lipinski definition) is 5. The van der Waals surface area contributed by atoms with Gasteiger partial charge in [-0.3, -0.25) is 0 Å². The number of hydrogen-bond donors (Lipinski definition) is 0. The van der Waals surface area contributed by atoms with Crippen molar-refractivity contribution < 1.29 is 19.2 Å². The lowest BCUT2D eigenvalue weighted by Crippen LogP contribution is -2.39. The smallest absolute Gasteiger partial charge is 0.442 e. The van der Waals surface area contributed by atoms with Gasteiger partial charge in [-0.15, -0.1) is 16.8 Å². The van der Waals surface area contributed by atoms with E-state index in [2.05, 4.69) is 0 Å². The first kappa shape index (κ1) is 16.7. The van der Waals surface area contributed by atoms with Gasteiger partial charge in [0.25, 0.3) is 0 Å². The van der Waals surface area contributed by atoms with Gasteiger partial charge in [0.05, 0.1) is 6.54 Å². The number of ether oxygens (including phenoxy) is 1. The van der Waals surface area contributed by atoms with Gasteiger partial charge in [0.2, 0.25) is 0 Å². The zero-order valence-electron chi connectivity index (χ0n) is 13.3. The van der Waals surface area contributed by atoms with Gasteiger partial charge < -0.3 is 9.57 Å². The SMILES string of the molecule is CS[C@@]1(Cc2ccccc2)CN(C(=O)OC(C)(C)C)OC1=O. The van der Waals surface area contributed by atoms with Crippen molar-refractivity contribution in [3.8, 4) is 0 Å². The molecule has 0 aliphatic carbocycles. The molecule has 2 rings (SSSR count). The average molecular weight is 323 g/mol. The molecular formula is C16H21NO4S. The van der Waals surface area contributed by atoms with Crippen LogP contribution in [0.4, 0.5) is 4.79 Å². The summed E-state index contributed by atoms with van der Waals surface area (Å²) in [5.41, 5.74) is 0.396. The first-order valence-corrected chi connectivity index (χ1v) is 8.30. The van der Waals surface area contributed by atoms with Crippen LogP contribution in [-0.2, 0) is 20.8 Å². The molecule has 1 aliphatic rings. The maximum atomic E-state index is 12.3. The highest BCUT2D eigenvalue weighted by atomic mass is 32.2. The Hall–Kier alpha value is -1.69. The Morgan fingerprint density at radius 1 is 1.36 bits per heavy atom. The van der Waals surface area contributed by atoms with Crippen LogP contribution in [0.2, 0.25) is 0 Å². The van der Waals surface area contributed by atoms with E-state index in [1.807, 2.05) is 36.6 Å². The number of rotatable bonds is 3. The minimum Gasteiger partial charge on any atom is -0.442 e. The zero-order valence-corrected chi connectivity index (χ0v) is 14.1. The molecule has 1 atom stereocenters. The number of carbonyl (C=O) groups is 2. The molecule has 6 heteroatoms. The van der Waals surface area contributed by atoms with E-state index in [-0.39, 0.29) is 6.54 Å². The van der Waals surface area contributed by atoms with Crippen molar-refractivity contribution in [3.63, 3.8) is 0 Å². The monoisotopic (exact) mass is 323 g/mol. The topological polar surface area (TPSA) is 55.8 Å². The van der Waals surface area contributed by atoms with Crippen molar-refractivity contribution in [3.05, 3.63) is 35.9 Å². The summed E-state index contributed by atoms with van der Waals surface area (Å²) in [4.78, 5) is 29.5. The minimum atomic E-state index is -0.793. The van der Waals surface area contributed by atoms with Crippen LogP contribution in [0, 0.1) is 0 Å². The number of nitrogens with zero attached hydrogens (tertiary/aromatic N) is 1. The van der Waals surface area contributed by atoms with Gasteiger partial charge in [0.1, 0.15) is 10.3 Å². The number of benzene rings is 1. The average Bonchev–Trinajstić information content (AvgIpc) is 2.76. The molecule has 1 aromatic rings. The first-order valence-electron chi connectivity index (χ1n) is 7.08. The summed E-state index contributed by atoms with van der Waals surface area (Å²) in [5, 5.41) is 1.02. The Labute approximate surface area is 134 Å². The van der Waals surface area contributed by atoms with Gasteiger partial charge in [0.15, 0.2) is 0 Å². The number of hydroxylamine groups is 2. The summed E-state index contributed by atoms with van der Waals surface area (Å²) < 4.78 is 4.47. The highest BCUT2D eigenvalue weighted by Gasteiger charge is 2.51. The van der Waals surface area contributed by atoms with Gasteiger partial charge in [-0.05, 0) is 39.0 Å². The van der Waals surface area contributed by atoms with Crippen LogP contribution in [0.15, 0.2) is 30.3 Å². The fraction of sp³-hybridized carbons (Fsp3) is 0.500. The third-order valence-electron chi connectivity index (χ3n) is 3.28. The molecule has 22 heavy (non-hydrogen) atoms. The van der Waals surface area contributed by atoms with E-state index < -0.39 is 22.4 Å². The van der Waals surface area contributed by atoms with Gasteiger partial charge in [0, 0.05) is 0 Å². The highest BCUT2D eigenvalue weighted by Crippen LogP contribution is 2.35. The molecule has 1 aliphatic heterocycles. The van der Waals surface area contributed by atoms with Gasteiger partial charge in [-0.25, -0.2) is 9.59 Å². The molecule has 1 aromatic carbocycles. The molecule has 1 saturated heterocycles. The molecule has 0 bridgehead atoms. The third kappa shape index (κ3) is 3.74. The largest absolute Gasteiger partial charge is 0.443 e. The molecule has 1 amide bonds. The molecule has 5 nitrogen and oxygen atoms in total. The molecule has 0 radical (unpaired) electrons. The molecule has 0 N–H and O–H groups in total. The molecule has 0 unspecified atom stereocenters.